The number of carbonyl (C=O) groups excluding carboxylic acids is 2. The van der Waals surface area contributed by atoms with Crippen LogP contribution in [0.4, 0.5) is 0 Å². The van der Waals surface area contributed by atoms with Gasteiger partial charge in [0.2, 0.25) is 0 Å². The molecule has 1 aromatic heterocycles. The van der Waals surface area contributed by atoms with E-state index in [-0.39, 0.29) is 11.9 Å². The molecule has 1 aromatic rings. The molecule has 156 valence electrons. The number of hydrogen-bond donors (Lipinski definition) is 0. The van der Waals surface area contributed by atoms with Crippen molar-refractivity contribution in [3.63, 3.8) is 0 Å². The molecule has 0 spiro atoms. The van der Waals surface area contributed by atoms with E-state index < -0.39 is 5.41 Å². The SMILES string of the molecule is CCCCCC1(c2cc(C(=O)OCC)c(CCC)o2)CC(C)=C1C(=O)OCC. The van der Waals surface area contributed by atoms with Crippen molar-refractivity contribution in [1.82, 2.24) is 0 Å². The molecule has 1 atom stereocenters. The average Bonchev–Trinajstić information content (AvgIpc) is 3.05. The number of esters is 2. The molecule has 0 saturated heterocycles. The highest BCUT2D eigenvalue weighted by molar-refractivity contribution is 5.95. The maximum Gasteiger partial charge on any atom is 0.341 e. The van der Waals surface area contributed by atoms with Crippen molar-refractivity contribution in [2.24, 2.45) is 0 Å². The minimum atomic E-state index is -0.501. The molecule has 0 bridgehead atoms. The number of furan rings is 1. The second-order valence-electron chi connectivity index (χ2n) is 7.51. The Morgan fingerprint density at radius 1 is 1.04 bits per heavy atom. The Kier molecular flexibility index (Phi) is 7.90. The van der Waals surface area contributed by atoms with Crippen LogP contribution in [-0.2, 0) is 26.1 Å². The highest BCUT2D eigenvalue weighted by Gasteiger charge is 2.51. The summed E-state index contributed by atoms with van der Waals surface area (Å²) in [5.74, 6) is 0.721. The third-order valence-electron chi connectivity index (χ3n) is 5.41. The molecule has 0 amide bonds. The molecule has 0 N–H and O–H groups in total. The molecule has 5 heteroatoms. The minimum Gasteiger partial charge on any atom is -0.464 e. The zero-order valence-corrected chi connectivity index (χ0v) is 18.0. The van der Waals surface area contributed by atoms with Crippen LogP contribution in [0.15, 0.2) is 21.6 Å². The van der Waals surface area contributed by atoms with E-state index in [0.29, 0.717) is 42.3 Å². The third kappa shape index (κ3) is 4.34. The van der Waals surface area contributed by atoms with Gasteiger partial charge in [0.1, 0.15) is 17.1 Å². The van der Waals surface area contributed by atoms with Gasteiger partial charge in [0.05, 0.1) is 24.2 Å². The van der Waals surface area contributed by atoms with Crippen LogP contribution in [0.25, 0.3) is 0 Å². The van der Waals surface area contributed by atoms with Gasteiger partial charge in [-0.2, -0.15) is 0 Å². The third-order valence-corrected chi connectivity index (χ3v) is 5.41. The largest absolute Gasteiger partial charge is 0.464 e. The Morgan fingerprint density at radius 2 is 1.71 bits per heavy atom. The molecular formula is C23H34O5. The standard InChI is InChI=1S/C23H34O5/c1-6-10-11-13-23(15-16(5)20(23)22(25)27-9-4)19-14-17(21(24)26-8-3)18(28-19)12-7-2/h14H,6-13,15H2,1-5H3. The summed E-state index contributed by atoms with van der Waals surface area (Å²) in [6, 6.07) is 1.81. The summed E-state index contributed by atoms with van der Waals surface area (Å²) in [5.41, 5.74) is 1.73. The number of aryl methyl sites for hydroxylation is 1. The Hall–Kier alpha value is -2.04. The van der Waals surface area contributed by atoms with Gasteiger partial charge in [-0.15, -0.1) is 0 Å². The smallest absolute Gasteiger partial charge is 0.341 e. The molecule has 0 saturated carbocycles. The van der Waals surface area contributed by atoms with Crippen LogP contribution < -0.4 is 0 Å². The average molecular weight is 391 g/mol. The lowest BCUT2D eigenvalue weighted by Gasteiger charge is -2.42. The van der Waals surface area contributed by atoms with Crippen LogP contribution in [0.5, 0.6) is 0 Å². The molecule has 0 aromatic carbocycles. The number of unbranched alkanes of at least 4 members (excludes halogenated alkanes) is 2. The van der Waals surface area contributed by atoms with Gasteiger partial charge in [-0.3, -0.25) is 0 Å². The molecule has 1 aliphatic carbocycles. The molecule has 1 heterocycles. The van der Waals surface area contributed by atoms with Crippen LogP contribution in [0.1, 0.15) is 95.0 Å². The lowest BCUT2D eigenvalue weighted by molar-refractivity contribution is -0.140. The molecule has 1 unspecified atom stereocenters. The Balaban J connectivity index is 2.49. The lowest BCUT2D eigenvalue weighted by atomic mass is 9.60. The van der Waals surface area contributed by atoms with Crippen LogP contribution >= 0.6 is 0 Å². The quantitative estimate of drug-likeness (QED) is 0.368. The first kappa shape index (κ1) is 22.3. The van der Waals surface area contributed by atoms with Crippen molar-refractivity contribution in [2.75, 3.05) is 13.2 Å². The molecule has 0 aliphatic heterocycles. The normalized spacial score (nSPS) is 18.8. The second kappa shape index (κ2) is 9.94. The van der Waals surface area contributed by atoms with Crippen LogP contribution in [-0.4, -0.2) is 25.2 Å². The molecular weight excluding hydrogens is 356 g/mol. The zero-order chi connectivity index (χ0) is 20.7. The fourth-order valence-corrected chi connectivity index (χ4v) is 4.19. The van der Waals surface area contributed by atoms with Crippen molar-refractivity contribution in [3.05, 3.63) is 34.3 Å². The highest BCUT2D eigenvalue weighted by atomic mass is 16.5. The second-order valence-corrected chi connectivity index (χ2v) is 7.51. The van der Waals surface area contributed by atoms with Gasteiger partial charge in [-0.1, -0.05) is 38.7 Å². The molecule has 28 heavy (non-hydrogen) atoms. The number of ether oxygens (including phenoxy) is 2. The summed E-state index contributed by atoms with van der Waals surface area (Å²) in [5, 5.41) is 0. The maximum absolute atomic E-state index is 12.7. The molecule has 0 fully saturated rings. The van der Waals surface area contributed by atoms with Crippen molar-refractivity contribution >= 4 is 11.9 Å². The number of rotatable bonds is 11. The van der Waals surface area contributed by atoms with E-state index in [1.165, 1.54) is 0 Å². The van der Waals surface area contributed by atoms with E-state index >= 15 is 0 Å². The first-order valence-electron chi connectivity index (χ1n) is 10.6. The Morgan fingerprint density at radius 3 is 2.29 bits per heavy atom. The van der Waals surface area contributed by atoms with E-state index in [2.05, 4.69) is 6.92 Å². The topological polar surface area (TPSA) is 65.7 Å². The fourth-order valence-electron chi connectivity index (χ4n) is 4.19. The summed E-state index contributed by atoms with van der Waals surface area (Å²) < 4.78 is 16.8. The van der Waals surface area contributed by atoms with Gasteiger partial charge in [0.15, 0.2) is 0 Å². The number of carbonyl (C=O) groups is 2. The van der Waals surface area contributed by atoms with E-state index in [1.807, 2.05) is 20.8 Å². The van der Waals surface area contributed by atoms with Gasteiger partial charge in [0, 0.05) is 6.42 Å². The summed E-state index contributed by atoms with van der Waals surface area (Å²) in [4.78, 5) is 25.1. The van der Waals surface area contributed by atoms with Gasteiger partial charge in [-0.25, -0.2) is 9.59 Å². The van der Waals surface area contributed by atoms with Crippen LogP contribution in [0.3, 0.4) is 0 Å². The summed E-state index contributed by atoms with van der Waals surface area (Å²) in [6.45, 7) is 10.5. The van der Waals surface area contributed by atoms with Gasteiger partial charge in [-0.05, 0) is 46.1 Å². The van der Waals surface area contributed by atoms with Crippen molar-refractivity contribution in [2.45, 2.75) is 85.0 Å². The Labute approximate surface area is 168 Å². The summed E-state index contributed by atoms with van der Waals surface area (Å²) >= 11 is 0. The highest BCUT2D eigenvalue weighted by Crippen LogP contribution is 2.53. The van der Waals surface area contributed by atoms with Crippen molar-refractivity contribution in [1.29, 1.82) is 0 Å². The van der Waals surface area contributed by atoms with Crippen molar-refractivity contribution in [3.8, 4) is 0 Å². The van der Waals surface area contributed by atoms with Crippen LogP contribution in [0, 0.1) is 0 Å². The molecule has 5 nitrogen and oxygen atoms in total. The van der Waals surface area contributed by atoms with E-state index in [9.17, 15) is 9.59 Å². The van der Waals surface area contributed by atoms with E-state index in [1.54, 1.807) is 13.0 Å². The fraction of sp³-hybridized carbons (Fsp3) is 0.652. The number of allylic oxidation sites excluding steroid dienone is 1. The molecule has 0 radical (unpaired) electrons. The Bertz CT molecular complexity index is 727. The first-order chi connectivity index (χ1) is 13.4. The monoisotopic (exact) mass is 390 g/mol. The zero-order valence-electron chi connectivity index (χ0n) is 18.0. The predicted octanol–water partition coefficient (Wildman–Crippen LogP) is 5.51. The minimum absolute atomic E-state index is 0.270. The lowest BCUT2D eigenvalue weighted by Crippen LogP contribution is -2.41. The molecule has 1 aliphatic rings. The predicted molar refractivity (Wildman–Crippen MR) is 108 cm³/mol. The maximum atomic E-state index is 12.7. The van der Waals surface area contributed by atoms with E-state index in [4.69, 9.17) is 13.9 Å². The van der Waals surface area contributed by atoms with Gasteiger partial charge < -0.3 is 13.9 Å². The van der Waals surface area contributed by atoms with Crippen LogP contribution in [0.2, 0.25) is 0 Å². The summed E-state index contributed by atoms with van der Waals surface area (Å²) in [6.07, 6.45) is 6.27. The van der Waals surface area contributed by atoms with Gasteiger partial charge in [0.25, 0.3) is 0 Å². The number of hydrogen-bond acceptors (Lipinski definition) is 5. The molecule has 2 rings (SSSR count). The summed E-state index contributed by atoms with van der Waals surface area (Å²) in [7, 11) is 0. The van der Waals surface area contributed by atoms with Gasteiger partial charge >= 0.3 is 11.9 Å². The van der Waals surface area contributed by atoms with Crippen molar-refractivity contribution < 1.29 is 23.5 Å². The first-order valence-corrected chi connectivity index (χ1v) is 10.6. The van der Waals surface area contributed by atoms with E-state index in [0.717, 1.165) is 44.1 Å².